The third kappa shape index (κ3) is 3.46. The smallest absolute Gasteiger partial charge is 0.355 e. The molecule has 0 N–H and O–H groups in total. The van der Waals surface area contributed by atoms with Crippen LogP contribution in [0.15, 0.2) is 47.7 Å². The van der Waals surface area contributed by atoms with Gasteiger partial charge < -0.3 is 23.7 Å². The molecule has 1 aliphatic heterocycles. The van der Waals surface area contributed by atoms with Crippen molar-refractivity contribution in [3.05, 3.63) is 59.1 Å². The van der Waals surface area contributed by atoms with E-state index in [1.54, 1.807) is 4.90 Å². The summed E-state index contributed by atoms with van der Waals surface area (Å²) >= 11 is 0. The van der Waals surface area contributed by atoms with Crippen LogP contribution in [0.5, 0.6) is 0 Å². The lowest BCUT2D eigenvalue weighted by Crippen LogP contribution is -2.38. The van der Waals surface area contributed by atoms with Gasteiger partial charge in [0.2, 0.25) is 0 Å². The number of aromatic nitrogens is 1. The average molecular weight is 370 g/mol. The molecule has 3 rings (SSSR count). The Hall–Kier alpha value is -3.06. The SMILES string of the molecule is COC(=O)C1=C(C(=O)OC)N(c2ccc(-n3c(C)ccc3C)cc2)COC1. The third-order valence-corrected chi connectivity index (χ3v) is 4.52. The molecule has 7 heteroatoms. The summed E-state index contributed by atoms with van der Waals surface area (Å²) in [5.74, 6) is -1.23. The van der Waals surface area contributed by atoms with Crippen molar-refractivity contribution in [2.45, 2.75) is 13.8 Å². The molecule has 0 saturated carbocycles. The van der Waals surface area contributed by atoms with Crippen LogP contribution in [0, 0.1) is 13.8 Å². The second-order valence-electron chi connectivity index (χ2n) is 6.18. The number of ether oxygens (including phenoxy) is 3. The molecule has 0 aliphatic carbocycles. The van der Waals surface area contributed by atoms with Crippen LogP contribution in [-0.2, 0) is 23.8 Å². The summed E-state index contributed by atoms with van der Waals surface area (Å²) in [6.45, 7) is 4.21. The number of hydrogen-bond acceptors (Lipinski definition) is 6. The van der Waals surface area contributed by atoms with Crippen molar-refractivity contribution in [1.29, 1.82) is 0 Å². The first-order chi connectivity index (χ1) is 13.0. The van der Waals surface area contributed by atoms with Crippen LogP contribution in [0.3, 0.4) is 0 Å². The van der Waals surface area contributed by atoms with Crippen molar-refractivity contribution in [3.63, 3.8) is 0 Å². The van der Waals surface area contributed by atoms with Gasteiger partial charge in [-0.15, -0.1) is 0 Å². The first-order valence-corrected chi connectivity index (χ1v) is 8.48. The van der Waals surface area contributed by atoms with Crippen molar-refractivity contribution < 1.29 is 23.8 Å². The summed E-state index contributed by atoms with van der Waals surface area (Å²) in [7, 11) is 2.54. The molecule has 0 bridgehead atoms. The zero-order valence-corrected chi connectivity index (χ0v) is 15.8. The average Bonchev–Trinajstić information content (AvgIpc) is 3.04. The van der Waals surface area contributed by atoms with Gasteiger partial charge in [0.15, 0.2) is 0 Å². The molecule has 0 radical (unpaired) electrons. The van der Waals surface area contributed by atoms with E-state index in [0.717, 1.165) is 17.1 Å². The van der Waals surface area contributed by atoms with Crippen molar-refractivity contribution in [1.82, 2.24) is 4.57 Å². The van der Waals surface area contributed by atoms with Crippen LogP contribution < -0.4 is 4.90 Å². The number of methoxy groups -OCH3 is 2. The van der Waals surface area contributed by atoms with E-state index in [1.807, 2.05) is 38.1 Å². The Balaban J connectivity index is 2.01. The van der Waals surface area contributed by atoms with Crippen molar-refractivity contribution >= 4 is 17.6 Å². The Kier molecular flexibility index (Phi) is 5.32. The molecule has 27 heavy (non-hydrogen) atoms. The fourth-order valence-electron chi connectivity index (χ4n) is 3.20. The Morgan fingerprint density at radius 3 is 2.00 bits per heavy atom. The van der Waals surface area contributed by atoms with Gasteiger partial charge in [0.25, 0.3) is 0 Å². The second kappa shape index (κ2) is 7.67. The van der Waals surface area contributed by atoms with Gasteiger partial charge in [-0.05, 0) is 50.2 Å². The number of esters is 2. The van der Waals surface area contributed by atoms with Crippen LogP contribution >= 0.6 is 0 Å². The Labute approximate surface area is 157 Å². The van der Waals surface area contributed by atoms with E-state index in [4.69, 9.17) is 14.2 Å². The minimum Gasteiger partial charge on any atom is -0.466 e. The molecule has 142 valence electrons. The molecule has 0 saturated heterocycles. The monoisotopic (exact) mass is 370 g/mol. The zero-order valence-electron chi connectivity index (χ0n) is 15.8. The van der Waals surface area contributed by atoms with Gasteiger partial charge in [0.05, 0.1) is 26.4 Å². The number of benzene rings is 1. The fourth-order valence-corrected chi connectivity index (χ4v) is 3.20. The highest BCUT2D eigenvalue weighted by atomic mass is 16.5. The van der Waals surface area contributed by atoms with E-state index in [9.17, 15) is 9.59 Å². The molecular formula is C20H22N2O5. The first kappa shape index (κ1) is 18.7. The van der Waals surface area contributed by atoms with Gasteiger partial charge in [-0.2, -0.15) is 0 Å². The number of aryl methyl sites for hydroxylation is 2. The lowest BCUT2D eigenvalue weighted by Gasteiger charge is -2.31. The molecule has 0 unspecified atom stereocenters. The number of carbonyl (C=O) groups is 2. The fraction of sp³-hybridized carbons (Fsp3) is 0.300. The summed E-state index contributed by atoms with van der Waals surface area (Å²) in [6.07, 6.45) is 0. The van der Waals surface area contributed by atoms with Gasteiger partial charge in [-0.1, -0.05) is 0 Å². The lowest BCUT2D eigenvalue weighted by molar-refractivity contribution is -0.140. The maximum Gasteiger partial charge on any atom is 0.355 e. The Bertz CT molecular complexity index is 876. The molecule has 0 fully saturated rings. The quantitative estimate of drug-likeness (QED) is 0.770. The minimum atomic E-state index is -0.615. The van der Waals surface area contributed by atoms with Gasteiger partial charge in [-0.3, -0.25) is 0 Å². The molecule has 2 aromatic rings. The highest BCUT2D eigenvalue weighted by Crippen LogP contribution is 2.28. The standard InChI is InChI=1S/C20H22N2O5/c1-13-5-6-14(2)22(13)16-9-7-15(8-10-16)21-12-27-11-17(19(23)25-3)18(21)20(24)26-4/h5-10H,11-12H2,1-4H3. The topological polar surface area (TPSA) is 70.0 Å². The molecule has 2 heterocycles. The van der Waals surface area contributed by atoms with Crippen molar-refractivity contribution in [2.75, 3.05) is 32.5 Å². The van der Waals surface area contributed by atoms with Crippen LogP contribution in [-0.4, -0.2) is 44.1 Å². The molecule has 1 aromatic heterocycles. The van der Waals surface area contributed by atoms with Crippen LogP contribution in [0.1, 0.15) is 11.4 Å². The van der Waals surface area contributed by atoms with Gasteiger partial charge in [-0.25, -0.2) is 9.59 Å². The molecule has 0 atom stereocenters. The van der Waals surface area contributed by atoms with Crippen molar-refractivity contribution in [2.24, 2.45) is 0 Å². The highest BCUT2D eigenvalue weighted by Gasteiger charge is 2.32. The van der Waals surface area contributed by atoms with E-state index >= 15 is 0 Å². The molecule has 1 aromatic carbocycles. The number of carbonyl (C=O) groups excluding carboxylic acids is 2. The maximum atomic E-state index is 12.3. The van der Waals surface area contributed by atoms with E-state index in [-0.39, 0.29) is 24.6 Å². The van der Waals surface area contributed by atoms with Crippen molar-refractivity contribution in [3.8, 4) is 5.69 Å². The van der Waals surface area contributed by atoms with Crippen LogP contribution in [0.4, 0.5) is 5.69 Å². The predicted molar refractivity (Wildman–Crippen MR) is 99.6 cm³/mol. The molecule has 0 amide bonds. The van der Waals surface area contributed by atoms with Gasteiger partial charge in [0, 0.05) is 22.8 Å². The van der Waals surface area contributed by atoms with Crippen LogP contribution in [0.2, 0.25) is 0 Å². The van der Waals surface area contributed by atoms with E-state index < -0.39 is 11.9 Å². The van der Waals surface area contributed by atoms with E-state index in [0.29, 0.717) is 5.69 Å². The summed E-state index contributed by atoms with van der Waals surface area (Å²) in [5.41, 5.74) is 4.25. The third-order valence-electron chi connectivity index (χ3n) is 4.52. The number of nitrogens with zero attached hydrogens (tertiary/aromatic N) is 2. The summed E-state index contributed by atoms with van der Waals surface area (Å²) in [6, 6.07) is 11.8. The summed E-state index contributed by atoms with van der Waals surface area (Å²) in [5, 5.41) is 0. The number of hydrogen-bond donors (Lipinski definition) is 0. The minimum absolute atomic E-state index is 0.00650. The summed E-state index contributed by atoms with van der Waals surface area (Å²) in [4.78, 5) is 26.0. The largest absolute Gasteiger partial charge is 0.466 e. The molecular weight excluding hydrogens is 348 g/mol. The second-order valence-corrected chi connectivity index (χ2v) is 6.18. The number of rotatable bonds is 4. The molecule has 7 nitrogen and oxygen atoms in total. The van der Waals surface area contributed by atoms with Gasteiger partial charge in [0.1, 0.15) is 12.4 Å². The Morgan fingerprint density at radius 2 is 1.44 bits per heavy atom. The maximum absolute atomic E-state index is 12.3. The normalized spacial score (nSPS) is 14.3. The van der Waals surface area contributed by atoms with Gasteiger partial charge >= 0.3 is 11.9 Å². The molecule has 1 aliphatic rings. The first-order valence-electron chi connectivity index (χ1n) is 8.48. The van der Waals surface area contributed by atoms with E-state index in [1.165, 1.54) is 14.2 Å². The predicted octanol–water partition coefficient (Wildman–Crippen LogP) is 2.49. The highest BCUT2D eigenvalue weighted by molar-refractivity contribution is 6.03. The van der Waals surface area contributed by atoms with E-state index in [2.05, 4.69) is 16.7 Å². The van der Waals surface area contributed by atoms with Crippen LogP contribution in [0.25, 0.3) is 5.69 Å². The number of anilines is 1. The zero-order chi connectivity index (χ0) is 19.6. The Morgan fingerprint density at radius 1 is 0.889 bits per heavy atom. The summed E-state index contributed by atoms with van der Waals surface area (Å²) < 4.78 is 17.3. The lowest BCUT2D eigenvalue weighted by atomic mass is 10.1. The molecule has 0 spiro atoms.